The molecule has 0 aromatic heterocycles. The molecule has 128 valence electrons. The number of benzene rings is 2. The standard InChI is InChI=1S/C21H28N2O/c1-22-12-14-23(15-13-22)17-20-11-10-19(16-21(20)24)9-5-8-18-6-3-2-4-7-18/h2-4,6-7,10-11,16,24H,5,8-9,12-15,17H2,1H3. The van der Waals surface area contributed by atoms with Gasteiger partial charge in [0.05, 0.1) is 0 Å². The Morgan fingerprint density at radius 2 is 1.58 bits per heavy atom. The summed E-state index contributed by atoms with van der Waals surface area (Å²) in [5, 5.41) is 10.4. The van der Waals surface area contributed by atoms with Crippen LogP contribution in [0.25, 0.3) is 0 Å². The largest absolute Gasteiger partial charge is 0.508 e. The van der Waals surface area contributed by atoms with Gasteiger partial charge in [-0.15, -0.1) is 0 Å². The molecule has 0 amide bonds. The Hall–Kier alpha value is -1.84. The highest BCUT2D eigenvalue weighted by atomic mass is 16.3. The number of phenols is 1. The van der Waals surface area contributed by atoms with E-state index >= 15 is 0 Å². The molecule has 2 aromatic carbocycles. The average molecular weight is 324 g/mol. The SMILES string of the molecule is CN1CCN(Cc2ccc(CCCc3ccccc3)cc2O)CC1. The van der Waals surface area contributed by atoms with E-state index in [1.54, 1.807) is 0 Å². The van der Waals surface area contributed by atoms with Gasteiger partial charge < -0.3 is 10.0 Å². The van der Waals surface area contributed by atoms with Crippen LogP contribution < -0.4 is 0 Å². The van der Waals surface area contributed by atoms with E-state index in [1.807, 2.05) is 6.07 Å². The lowest BCUT2D eigenvalue weighted by atomic mass is 10.0. The number of aryl methyl sites for hydroxylation is 2. The van der Waals surface area contributed by atoms with Crippen molar-refractivity contribution in [2.75, 3.05) is 33.2 Å². The van der Waals surface area contributed by atoms with Crippen LogP contribution in [-0.4, -0.2) is 48.1 Å². The zero-order valence-corrected chi connectivity index (χ0v) is 14.6. The van der Waals surface area contributed by atoms with Crippen molar-refractivity contribution in [3.05, 3.63) is 65.2 Å². The first-order valence-corrected chi connectivity index (χ1v) is 8.96. The van der Waals surface area contributed by atoms with Crippen LogP contribution in [0.2, 0.25) is 0 Å². The van der Waals surface area contributed by atoms with E-state index in [4.69, 9.17) is 0 Å². The van der Waals surface area contributed by atoms with Gasteiger partial charge in [0.1, 0.15) is 5.75 Å². The van der Waals surface area contributed by atoms with Crippen LogP contribution in [0.3, 0.4) is 0 Å². The van der Waals surface area contributed by atoms with Gasteiger partial charge in [-0.25, -0.2) is 0 Å². The molecule has 0 atom stereocenters. The lowest BCUT2D eigenvalue weighted by Crippen LogP contribution is -2.43. The highest BCUT2D eigenvalue weighted by molar-refractivity contribution is 5.36. The predicted octanol–water partition coefficient (Wildman–Crippen LogP) is 3.31. The quantitative estimate of drug-likeness (QED) is 0.883. The predicted molar refractivity (Wildman–Crippen MR) is 99.3 cm³/mol. The van der Waals surface area contributed by atoms with E-state index in [-0.39, 0.29) is 0 Å². The van der Waals surface area contributed by atoms with Crippen LogP contribution in [0.15, 0.2) is 48.5 Å². The molecule has 3 heteroatoms. The molecular weight excluding hydrogens is 296 g/mol. The first-order chi connectivity index (χ1) is 11.7. The number of rotatable bonds is 6. The third-order valence-electron chi connectivity index (χ3n) is 4.91. The van der Waals surface area contributed by atoms with Crippen LogP contribution in [0.1, 0.15) is 23.1 Å². The molecular formula is C21H28N2O. The molecule has 1 heterocycles. The number of likely N-dealkylation sites (N-methyl/N-ethyl adjacent to an activating group) is 1. The topological polar surface area (TPSA) is 26.7 Å². The maximum atomic E-state index is 10.4. The minimum Gasteiger partial charge on any atom is -0.508 e. The molecule has 24 heavy (non-hydrogen) atoms. The number of piperazine rings is 1. The van der Waals surface area contributed by atoms with Gasteiger partial charge in [-0.1, -0.05) is 42.5 Å². The third-order valence-corrected chi connectivity index (χ3v) is 4.91. The van der Waals surface area contributed by atoms with Gasteiger partial charge in [0, 0.05) is 38.3 Å². The van der Waals surface area contributed by atoms with Gasteiger partial charge in [0.2, 0.25) is 0 Å². The summed E-state index contributed by atoms with van der Waals surface area (Å²) in [6.45, 7) is 5.23. The van der Waals surface area contributed by atoms with Crippen molar-refractivity contribution in [3.8, 4) is 5.75 Å². The zero-order valence-electron chi connectivity index (χ0n) is 14.6. The molecule has 0 aliphatic carbocycles. The first-order valence-electron chi connectivity index (χ1n) is 8.96. The maximum Gasteiger partial charge on any atom is 0.120 e. The summed E-state index contributed by atoms with van der Waals surface area (Å²) >= 11 is 0. The Morgan fingerprint density at radius 3 is 2.29 bits per heavy atom. The van der Waals surface area contributed by atoms with E-state index in [9.17, 15) is 5.11 Å². The van der Waals surface area contributed by atoms with Crippen LogP contribution >= 0.6 is 0 Å². The van der Waals surface area contributed by atoms with E-state index < -0.39 is 0 Å². The Morgan fingerprint density at radius 1 is 0.875 bits per heavy atom. The normalized spacial score (nSPS) is 16.4. The Balaban J connectivity index is 1.50. The summed E-state index contributed by atoms with van der Waals surface area (Å²) in [5.41, 5.74) is 3.66. The van der Waals surface area contributed by atoms with Crippen LogP contribution in [0, 0.1) is 0 Å². The number of hydrogen-bond acceptors (Lipinski definition) is 3. The number of phenolic OH excluding ortho intramolecular Hbond substituents is 1. The molecule has 0 bridgehead atoms. The molecule has 0 radical (unpaired) electrons. The van der Waals surface area contributed by atoms with E-state index in [0.29, 0.717) is 5.75 Å². The molecule has 0 unspecified atom stereocenters. The molecule has 0 spiro atoms. The number of aromatic hydroxyl groups is 1. The van der Waals surface area contributed by atoms with Crippen molar-refractivity contribution in [1.82, 2.24) is 9.80 Å². The van der Waals surface area contributed by atoms with Crippen molar-refractivity contribution < 1.29 is 5.11 Å². The molecule has 3 rings (SSSR count). The fraction of sp³-hybridized carbons (Fsp3) is 0.429. The molecule has 1 N–H and O–H groups in total. The minimum absolute atomic E-state index is 0.450. The van der Waals surface area contributed by atoms with Crippen molar-refractivity contribution in [2.45, 2.75) is 25.8 Å². The highest BCUT2D eigenvalue weighted by Crippen LogP contribution is 2.22. The van der Waals surface area contributed by atoms with Crippen LogP contribution in [0.4, 0.5) is 0 Å². The lowest BCUT2D eigenvalue weighted by molar-refractivity contribution is 0.147. The van der Waals surface area contributed by atoms with Crippen molar-refractivity contribution in [3.63, 3.8) is 0 Å². The van der Waals surface area contributed by atoms with Gasteiger partial charge in [-0.2, -0.15) is 0 Å². The highest BCUT2D eigenvalue weighted by Gasteiger charge is 2.15. The first kappa shape index (κ1) is 17.0. The zero-order chi connectivity index (χ0) is 16.8. The second-order valence-corrected chi connectivity index (χ2v) is 6.88. The smallest absolute Gasteiger partial charge is 0.120 e. The van der Waals surface area contributed by atoms with Crippen molar-refractivity contribution in [1.29, 1.82) is 0 Å². The number of nitrogens with zero attached hydrogens (tertiary/aromatic N) is 2. The van der Waals surface area contributed by atoms with Crippen molar-refractivity contribution in [2.24, 2.45) is 0 Å². The van der Waals surface area contributed by atoms with E-state index in [0.717, 1.165) is 57.5 Å². The summed E-state index contributed by atoms with van der Waals surface area (Å²) in [7, 11) is 2.17. The molecule has 3 nitrogen and oxygen atoms in total. The second kappa shape index (κ2) is 8.32. The monoisotopic (exact) mass is 324 g/mol. The number of hydrogen-bond donors (Lipinski definition) is 1. The summed E-state index contributed by atoms with van der Waals surface area (Å²) in [6, 6.07) is 16.8. The fourth-order valence-corrected chi connectivity index (χ4v) is 3.29. The Bertz CT molecular complexity index is 634. The molecule has 1 aliphatic heterocycles. The summed E-state index contributed by atoms with van der Waals surface area (Å²) in [5.74, 6) is 0.450. The van der Waals surface area contributed by atoms with Crippen molar-refractivity contribution >= 4 is 0 Å². The second-order valence-electron chi connectivity index (χ2n) is 6.88. The maximum absolute atomic E-state index is 10.4. The molecule has 1 aliphatic rings. The van der Waals surface area contributed by atoms with Gasteiger partial charge in [0.25, 0.3) is 0 Å². The Labute approximate surface area is 145 Å². The van der Waals surface area contributed by atoms with Gasteiger partial charge >= 0.3 is 0 Å². The van der Waals surface area contributed by atoms with Crippen LogP contribution in [0.5, 0.6) is 5.75 Å². The lowest BCUT2D eigenvalue weighted by Gasteiger charge is -2.32. The third kappa shape index (κ3) is 4.83. The fourth-order valence-electron chi connectivity index (χ4n) is 3.29. The average Bonchev–Trinajstić information content (AvgIpc) is 2.60. The minimum atomic E-state index is 0.450. The Kier molecular flexibility index (Phi) is 5.89. The molecule has 1 fully saturated rings. The van der Waals surface area contributed by atoms with Gasteiger partial charge in [-0.3, -0.25) is 4.90 Å². The molecule has 1 saturated heterocycles. The summed E-state index contributed by atoms with van der Waals surface area (Å²) in [4.78, 5) is 4.77. The van der Waals surface area contributed by atoms with Gasteiger partial charge in [-0.05, 0) is 43.5 Å². The van der Waals surface area contributed by atoms with Gasteiger partial charge in [0.15, 0.2) is 0 Å². The van der Waals surface area contributed by atoms with Crippen LogP contribution in [-0.2, 0) is 19.4 Å². The molecule has 2 aromatic rings. The summed E-state index contributed by atoms with van der Waals surface area (Å²) in [6.07, 6.45) is 3.21. The van der Waals surface area contributed by atoms with E-state index in [2.05, 4.69) is 59.3 Å². The summed E-state index contributed by atoms with van der Waals surface area (Å²) < 4.78 is 0. The molecule has 0 saturated carbocycles. The van der Waals surface area contributed by atoms with E-state index in [1.165, 1.54) is 11.1 Å².